The second-order valence-corrected chi connectivity index (χ2v) is 5.14. The number of nitrogens with one attached hydrogen (secondary N) is 1. The minimum atomic E-state index is -4.26. The number of nitrogens with two attached hydrogens (primary N) is 1. The van der Waals surface area contributed by atoms with Gasteiger partial charge in [-0.05, 0) is 24.3 Å². The number of anilines is 2. The summed E-state index contributed by atoms with van der Waals surface area (Å²) in [6.45, 7) is 0. The van der Waals surface area contributed by atoms with Crippen LogP contribution in [0.1, 0.15) is 0 Å². The van der Waals surface area contributed by atoms with Crippen LogP contribution in [0.15, 0.2) is 35.4 Å². The zero-order chi connectivity index (χ0) is 14.0. The standard InChI is InChI=1S/C10H8F2N4O2S/c11-6-3-4-7(9(12)10(6)13)19(17,18)16-8-2-1-5-14-15-8/h1-5H,13H2,(H,15,16). The summed E-state index contributed by atoms with van der Waals surface area (Å²) in [7, 11) is -4.26. The fraction of sp³-hybridized carbons (Fsp3) is 0. The molecule has 100 valence electrons. The van der Waals surface area contributed by atoms with Crippen LogP contribution >= 0.6 is 0 Å². The lowest BCUT2D eigenvalue weighted by Crippen LogP contribution is -2.16. The molecule has 0 aliphatic heterocycles. The zero-order valence-electron chi connectivity index (χ0n) is 9.34. The average Bonchev–Trinajstić information content (AvgIpc) is 2.36. The molecule has 0 fully saturated rings. The summed E-state index contributed by atoms with van der Waals surface area (Å²) in [4.78, 5) is -0.767. The SMILES string of the molecule is Nc1c(F)ccc(S(=O)(=O)Nc2cccnn2)c1F. The van der Waals surface area contributed by atoms with Gasteiger partial charge >= 0.3 is 0 Å². The van der Waals surface area contributed by atoms with Crippen LogP contribution < -0.4 is 10.5 Å². The lowest BCUT2D eigenvalue weighted by atomic mass is 10.3. The number of sulfonamides is 1. The Balaban J connectivity index is 2.44. The summed E-state index contributed by atoms with van der Waals surface area (Å²) in [5.74, 6) is -2.47. The Hall–Kier alpha value is -2.29. The van der Waals surface area contributed by atoms with Crippen molar-refractivity contribution in [3.8, 4) is 0 Å². The minimum absolute atomic E-state index is 0.0928. The van der Waals surface area contributed by atoms with Gasteiger partial charge < -0.3 is 5.73 Å². The Bertz CT molecular complexity index is 707. The highest BCUT2D eigenvalue weighted by atomic mass is 32.2. The first-order chi connectivity index (χ1) is 8.92. The number of hydrogen-bond acceptors (Lipinski definition) is 5. The van der Waals surface area contributed by atoms with Gasteiger partial charge in [0.05, 0.1) is 0 Å². The van der Waals surface area contributed by atoms with Gasteiger partial charge in [0.2, 0.25) is 0 Å². The number of nitrogens with zero attached hydrogens (tertiary/aromatic N) is 2. The topological polar surface area (TPSA) is 98.0 Å². The van der Waals surface area contributed by atoms with Crippen molar-refractivity contribution in [3.63, 3.8) is 0 Å². The smallest absolute Gasteiger partial charge is 0.266 e. The Labute approximate surface area is 107 Å². The van der Waals surface area contributed by atoms with Gasteiger partial charge in [0.15, 0.2) is 11.6 Å². The van der Waals surface area contributed by atoms with E-state index in [0.29, 0.717) is 0 Å². The first-order valence-electron chi connectivity index (χ1n) is 4.96. The van der Waals surface area contributed by atoms with Crippen molar-refractivity contribution in [1.29, 1.82) is 0 Å². The largest absolute Gasteiger partial charge is 0.394 e. The molecule has 0 amide bonds. The Kier molecular flexibility index (Phi) is 3.30. The van der Waals surface area contributed by atoms with E-state index in [2.05, 4.69) is 10.2 Å². The van der Waals surface area contributed by atoms with E-state index in [0.717, 1.165) is 12.1 Å². The second kappa shape index (κ2) is 4.76. The Morgan fingerprint density at radius 1 is 1.21 bits per heavy atom. The molecule has 3 N–H and O–H groups in total. The molecule has 0 aliphatic rings. The lowest BCUT2D eigenvalue weighted by molar-refractivity contribution is 0.557. The quantitative estimate of drug-likeness (QED) is 0.824. The molecule has 0 aliphatic carbocycles. The molecule has 0 spiro atoms. The number of halogens is 2. The molecule has 1 heterocycles. The van der Waals surface area contributed by atoms with Crippen molar-refractivity contribution < 1.29 is 17.2 Å². The monoisotopic (exact) mass is 286 g/mol. The molecule has 0 bridgehead atoms. The maximum atomic E-state index is 13.6. The highest BCUT2D eigenvalue weighted by molar-refractivity contribution is 7.92. The summed E-state index contributed by atoms with van der Waals surface area (Å²) in [6.07, 6.45) is 1.34. The van der Waals surface area contributed by atoms with Crippen LogP contribution in [0.5, 0.6) is 0 Å². The fourth-order valence-corrected chi connectivity index (χ4v) is 2.39. The Morgan fingerprint density at radius 3 is 2.58 bits per heavy atom. The molecule has 19 heavy (non-hydrogen) atoms. The third-order valence-electron chi connectivity index (χ3n) is 2.19. The van der Waals surface area contributed by atoms with Gasteiger partial charge in [-0.25, -0.2) is 17.2 Å². The summed E-state index contributed by atoms with van der Waals surface area (Å²) < 4.78 is 52.4. The van der Waals surface area contributed by atoms with E-state index < -0.39 is 32.2 Å². The van der Waals surface area contributed by atoms with Crippen molar-refractivity contribution in [2.24, 2.45) is 0 Å². The van der Waals surface area contributed by atoms with Crippen molar-refractivity contribution in [3.05, 3.63) is 42.1 Å². The van der Waals surface area contributed by atoms with Gasteiger partial charge in [-0.1, -0.05) is 0 Å². The third kappa shape index (κ3) is 2.60. The Morgan fingerprint density at radius 2 is 1.95 bits per heavy atom. The molecule has 0 saturated heterocycles. The zero-order valence-corrected chi connectivity index (χ0v) is 10.2. The molecule has 2 aromatic rings. The summed E-state index contributed by atoms with van der Waals surface area (Å²) in [5.41, 5.74) is 4.24. The summed E-state index contributed by atoms with van der Waals surface area (Å²) in [6, 6.07) is 4.32. The summed E-state index contributed by atoms with van der Waals surface area (Å²) in [5, 5.41) is 6.95. The molecule has 0 radical (unpaired) electrons. The van der Waals surface area contributed by atoms with E-state index in [9.17, 15) is 17.2 Å². The van der Waals surface area contributed by atoms with Crippen molar-refractivity contribution >= 4 is 21.5 Å². The molecule has 0 atom stereocenters. The predicted molar refractivity (Wildman–Crippen MR) is 63.6 cm³/mol. The number of benzene rings is 1. The minimum Gasteiger partial charge on any atom is -0.394 e. The highest BCUT2D eigenvalue weighted by Gasteiger charge is 2.23. The van der Waals surface area contributed by atoms with Crippen LogP contribution in [0, 0.1) is 11.6 Å². The number of hydrogen-bond donors (Lipinski definition) is 2. The van der Waals surface area contributed by atoms with Gasteiger partial charge in [-0.2, -0.15) is 5.10 Å². The first kappa shape index (κ1) is 13.1. The lowest BCUT2D eigenvalue weighted by Gasteiger charge is -2.09. The number of aromatic nitrogens is 2. The summed E-state index contributed by atoms with van der Waals surface area (Å²) >= 11 is 0. The van der Waals surface area contributed by atoms with Gasteiger partial charge in [0.1, 0.15) is 16.4 Å². The molecule has 0 unspecified atom stereocenters. The van der Waals surface area contributed by atoms with Crippen LogP contribution in [0.2, 0.25) is 0 Å². The molecule has 1 aromatic carbocycles. The third-order valence-corrected chi connectivity index (χ3v) is 3.56. The van der Waals surface area contributed by atoms with E-state index in [1.54, 1.807) is 0 Å². The molecular weight excluding hydrogens is 278 g/mol. The average molecular weight is 286 g/mol. The molecule has 1 aromatic heterocycles. The molecular formula is C10H8F2N4O2S. The van der Waals surface area contributed by atoms with E-state index in [-0.39, 0.29) is 5.82 Å². The van der Waals surface area contributed by atoms with Crippen molar-refractivity contribution in [1.82, 2.24) is 10.2 Å². The van der Waals surface area contributed by atoms with Gasteiger partial charge in [0.25, 0.3) is 10.0 Å². The van der Waals surface area contributed by atoms with Crippen molar-refractivity contribution in [2.75, 3.05) is 10.5 Å². The molecule has 2 rings (SSSR count). The predicted octanol–water partition coefficient (Wildman–Crippen LogP) is 1.14. The van der Waals surface area contributed by atoms with Gasteiger partial charge in [-0.15, -0.1) is 5.10 Å². The fourth-order valence-electron chi connectivity index (χ4n) is 1.31. The van der Waals surface area contributed by atoms with Crippen LogP contribution in [-0.2, 0) is 10.0 Å². The maximum Gasteiger partial charge on any atom is 0.266 e. The number of rotatable bonds is 3. The second-order valence-electron chi connectivity index (χ2n) is 3.49. The highest BCUT2D eigenvalue weighted by Crippen LogP contribution is 2.23. The maximum absolute atomic E-state index is 13.6. The van der Waals surface area contributed by atoms with E-state index in [1.165, 1.54) is 18.3 Å². The van der Waals surface area contributed by atoms with Gasteiger partial charge in [-0.3, -0.25) is 4.72 Å². The van der Waals surface area contributed by atoms with Crippen LogP contribution in [0.4, 0.5) is 20.3 Å². The normalized spacial score (nSPS) is 11.3. The van der Waals surface area contributed by atoms with Crippen LogP contribution in [0.3, 0.4) is 0 Å². The first-order valence-corrected chi connectivity index (χ1v) is 6.44. The molecule has 9 heteroatoms. The van der Waals surface area contributed by atoms with E-state index in [1.807, 2.05) is 4.72 Å². The number of nitrogen functional groups attached to an aromatic ring is 1. The van der Waals surface area contributed by atoms with Crippen LogP contribution in [-0.4, -0.2) is 18.6 Å². The molecule has 0 saturated carbocycles. The van der Waals surface area contributed by atoms with Crippen LogP contribution in [0.25, 0.3) is 0 Å². The van der Waals surface area contributed by atoms with Gasteiger partial charge in [0, 0.05) is 6.20 Å². The van der Waals surface area contributed by atoms with E-state index >= 15 is 0 Å². The van der Waals surface area contributed by atoms with E-state index in [4.69, 9.17) is 5.73 Å². The molecule has 6 nitrogen and oxygen atoms in total. The van der Waals surface area contributed by atoms with Crippen molar-refractivity contribution in [2.45, 2.75) is 4.90 Å².